The second kappa shape index (κ2) is 4.56. The number of imide groups is 1. The highest BCUT2D eigenvalue weighted by Gasteiger charge is 2.32. The molecule has 1 N–H and O–H groups in total. The van der Waals surface area contributed by atoms with Crippen LogP contribution < -0.4 is 10.2 Å². The molecule has 2 rings (SSSR count). The molecule has 1 heterocycles. The number of nitrogens with zero attached hydrogens (tertiary/aromatic N) is 1. The highest BCUT2D eigenvalue weighted by Crippen LogP contribution is 2.26. The SMILES string of the molecule is CC1C(=O)NC(=O)CN1c1c(F)cccc1C=O. The molecule has 1 aromatic rings. The van der Waals surface area contributed by atoms with Gasteiger partial charge in [-0.25, -0.2) is 4.39 Å². The largest absolute Gasteiger partial charge is 0.347 e. The van der Waals surface area contributed by atoms with Crippen molar-refractivity contribution < 1.29 is 18.8 Å². The van der Waals surface area contributed by atoms with Gasteiger partial charge in [0.1, 0.15) is 11.9 Å². The lowest BCUT2D eigenvalue weighted by molar-refractivity contribution is -0.132. The Morgan fingerprint density at radius 2 is 2.17 bits per heavy atom. The molecule has 1 fully saturated rings. The van der Waals surface area contributed by atoms with Crippen LogP contribution in [0.25, 0.3) is 0 Å². The summed E-state index contributed by atoms with van der Waals surface area (Å²) >= 11 is 0. The van der Waals surface area contributed by atoms with Crippen LogP contribution in [0.4, 0.5) is 10.1 Å². The zero-order valence-corrected chi connectivity index (χ0v) is 9.64. The molecule has 1 aliphatic rings. The predicted octanol–water partition coefficient (Wildman–Crippen LogP) is 0.489. The fourth-order valence-electron chi connectivity index (χ4n) is 1.92. The van der Waals surface area contributed by atoms with Crippen LogP contribution in [0.5, 0.6) is 0 Å². The van der Waals surface area contributed by atoms with E-state index in [1.54, 1.807) is 6.92 Å². The van der Waals surface area contributed by atoms with Crippen molar-refractivity contribution in [2.75, 3.05) is 11.4 Å². The molecule has 1 atom stereocenters. The Morgan fingerprint density at radius 3 is 2.83 bits per heavy atom. The first-order valence-corrected chi connectivity index (χ1v) is 5.38. The smallest absolute Gasteiger partial charge is 0.249 e. The van der Waals surface area contributed by atoms with Crippen LogP contribution in [0.1, 0.15) is 17.3 Å². The molecule has 18 heavy (non-hydrogen) atoms. The van der Waals surface area contributed by atoms with E-state index in [4.69, 9.17) is 0 Å². The van der Waals surface area contributed by atoms with Crippen molar-refractivity contribution in [1.29, 1.82) is 0 Å². The molecule has 0 aromatic heterocycles. The first-order chi connectivity index (χ1) is 8.54. The number of hydrogen-bond donors (Lipinski definition) is 1. The van der Waals surface area contributed by atoms with Crippen molar-refractivity contribution in [3.8, 4) is 0 Å². The van der Waals surface area contributed by atoms with Gasteiger partial charge in [-0.3, -0.25) is 19.7 Å². The first kappa shape index (κ1) is 12.2. The maximum absolute atomic E-state index is 13.8. The van der Waals surface area contributed by atoms with Gasteiger partial charge in [0, 0.05) is 5.56 Å². The fourth-order valence-corrected chi connectivity index (χ4v) is 1.92. The van der Waals surface area contributed by atoms with E-state index in [2.05, 4.69) is 5.32 Å². The summed E-state index contributed by atoms with van der Waals surface area (Å²) in [5.41, 5.74) is 0.104. The quantitative estimate of drug-likeness (QED) is 0.612. The minimum atomic E-state index is -0.710. The third kappa shape index (κ3) is 1.97. The van der Waals surface area contributed by atoms with Crippen LogP contribution >= 0.6 is 0 Å². The van der Waals surface area contributed by atoms with Gasteiger partial charge in [0.15, 0.2) is 6.29 Å². The van der Waals surface area contributed by atoms with Crippen LogP contribution in [-0.2, 0) is 9.59 Å². The number of carbonyl (C=O) groups excluding carboxylic acids is 3. The molecule has 0 radical (unpaired) electrons. The maximum atomic E-state index is 13.8. The molecule has 6 heteroatoms. The molecule has 1 aromatic carbocycles. The van der Waals surface area contributed by atoms with Gasteiger partial charge >= 0.3 is 0 Å². The minimum Gasteiger partial charge on any atom is -0.347 e. The standard InChI is InChI=1S/C12H11FN2O3/c1-7-12(18)14-10(17)5-15(7)11-8(6-16)3-2-4-9(11)13/h2-4,6-7H,5H2,1H3,(H,14,17,18). The number of benzene rings is 1. The zero-order chi connectivity index (χ0) is 13.3. The average Bonchev–Trinajstić information content (AvgIpc) is 2.33. The second-order valence-corrected chi connectivity index (χ2v) is 4.01. The van der Waals surface area contributed by atoms with Crippen LogP contribution in [-0.4, -0.2) is 30.7 Å². The zero-order valence-electron chi connectivity index (χ0n) is 9.64. The molecule has 0 bridgehead atoms. The topological polar surface area (TPSA) is 66.5 Å². The first-order valence-electron chi connectivity index (χ1n) is 5.38. The van der Waals surface area contributed by atoms with E-state index in [0.717, 1.165) is 0 Å². The van der Waals surface area contributed by atoms with Crippen molar-refractivity contribution in [2.45, 2.75) is 13.0 Å². The monoisotopic (exact) mass is 250 g/mol. The number of nitrogens with one attached hydrogen (secondary N) is 1. The third-order valence-corrected chi connectivity index (χ3v) is 2.86. The summed E-state index contributed by atoms with van der Waals surface area (Å²) in [6.07, 6.45) is 0.502. The molecule has 2 amide bonds. The second-order valence-electron chi connectivity index (χ2n) is 4.01. The van der Waals surface area contributed by atoms with Gasteiger partial charge in [-0.15, -0.1) is 0 Å². The summed E-state index contributed by atoms with van der Waals surface area (Å²) in [4.78, 5) is 35.0. The molecule has 0 spiro atoms. The molecule has 5 nitrogen and oxygen atoms in total. The van der Waals surface area contributed by atoms with Gasteiger partial charge in [0.25, 0.3) is 0 Å². The van der Waals surface area contributed by atoms with E-state index in [1.807, 2.05) is 0 Å². The van der Waals surface area contributed by atoms with E-state index in [9.17, 15) is 18.8 Å². The van der Waals surface area contributed by atoms with Crippen molar-refractivity contribution >= 4 is 23.8 Å². The number of para-hydroxylation sites is 1. The number of carbonyl (C=O) groups is 3. The Hall–Kier alpha value is -2.24. The van der Waals surface area contributed by atoms with Crippen molar-refractivity contribution in [1.82, 2.24) is 5.32 Å². The number of rotatable bonds is 2. The van der Waals surface area contributed by atoms with Crippen LogP contribution in [0.15, 0.2) is 18.2 Å². The fraction of sp³-hybridized carbons (Fsp3) is 0.250. The Kier molecular flexibility index (Phi) is 3.10. The lowest BCUT2D eigenvalue weighted by Gasteiger charge is -2.34. The van der Waals surface area contributed by atoms with Crippen molar-refractivity contribution in [3.63, 3.8) is 0 Å². The Morgan fingerprint density at radius 1 is 1.44 bits per heavy atom. The highest BCUT2D eigenvalue weighted by atomic mass is 19.1. The molecular weight excluding hydrogens is 239 g/mol. The molecule has 94 valence electrons. The normalized spacial score (nSPS) is 19.7. The third-order valence-electron chi connectivity index (χ3n) is 2.86. The number of aldehydes is 1. The summed E-state index contributed by atoms with van der Waals surface area (Å²) < 4.78 is 13.8. The Labute approximate surface area is 103 Å². The van der Waals surface area contributed by atoms with Gasteiger partial charge in [0.05, 0.1) is 12.2 Å². The Bertz CT molecular complexity index is 530. The summed E-state index contributed by atoms with van der Waals surface area (Å²) in [6, 6.07) is 3.32. The summed E-state index contributed by atoms with van der Waals surface area (Å²) in [6.45, 7) is 1.39. The molecular formula is C12H11FN2O3. The number of piperazine rings is 1. The highest BCUT2D eigenvalue weighted by molar-refractivity contribution is 6.05. The van der Waals surface area contributed by atoms with Crippen molar-refractivity contribution in [2.24, 2.45) is 0 Å². The molecule has 0 aliphatic carbocycles. The van der Waals surface area contributed by atoms with Crippen LogP contribution in [0.2, 0.25) is 0 Å². The van der Waals surface area contributed by atoms with E-state index in [-0.39, 0.29) is 17.8 Å². The molecule has 1 aliphatic heterocycles. The molecule has 1 unspecified atom stereocenters. The number of hydrogen-bond acceptors (Lipinski definition) is 4. The van der Waals surface area contributed by atoms with Crippen LogP contribution in [0, 0.1) is 5.82 Å². The summed E-state index contributed by atoms with van der Waals surface area (Å²) in [7, 11) is 0. The predicted molar refractivity (Wildman–Crippen MR) is 61.7 cm³/mol. The number of anilines is 1. The summed E-state index contributed by atoms with van der Waals surface area (Å²) in [5.74, 6) is -1.65. The average molecular weight is 250 g/mol. The van der Waals surface area contributed by atoms with Crippen LogP contribution in [0.3, 0.4) is 0 Å². The van der Waals surface area contributed by atoms with E-state index >= 15 is 0 Å². The lowest BCUT2D eigenvalue weighted by atomic mass is 10.1. The maximum Gasteiger partial charge on any atom is 0.249 e. The molecule has 0 saturated carbocycles. The van der Waals surface area contributed by atoms with E-state index in [0.29, 0.717) is 6.29 Å². The van der Waals surface area contributed by atoms with Gasteiger partial charge in [-0.1, -0.05) is 6.07 Å². The minimum absolute atomic E-state index is 0.0109. The summed E-state index contributed by atoms with van der Waals surface area (Å²) in [5, 5.41) is 2.16. The lowest BCUT2D eigenvalue weighted by Crippen LogP contribution is -2.57. The molecule has 1 saturated heterocycles. The van der Waals surface area contributed by atoms with Gasteiger partial charge in [0.2, 0.25) is 11.8 Å². The number of halogens is 1. The van der Waals surface area contributed by atoms with E-state index in [1.165, 1.54) is 23.1 Å². The van der Waals surface area contributed by atoms with Gasteiger partial charge in [-0.05, 0) is 19.1 Å². The number of amides is 2. The van der Waals surface area contributed by atoms with Gasteiger partial charge in [-0.2, -0.15) is 0 Å². The Balaban J connectivity index is 2.50. The van der Waals surface area contributed by atoms with E-state index < -0.39 is 23.7 Å². The van der Waals surface area contributed by atoms with Gasteiger partial charge < -0.3 is 4.90 Å². The van der Waals surface area contributed by atoms with Crippen molar-refractivity contribution in [3.05, 3.63) is 29.6 Å².